The van der Waals surface area contributed by atoms with Crippen molar-refractivity contribution < 1.29 is 18.8 Å². The number of hydrogen-bond acceptors (Lipinski definition) is 6. The Morgan fingerprint density at radius 2 is 1.65 bits per heavy atom. The molecule has 1 aromatic heterocycles. The lowest BCUT2D eigenvalue weighted by atomic mass is 10.1. The Kier molecular flexibility index (Phi) is 4.11. The number of ketones is 1. The van der Waals surface area contributed by atoms with E-state index in [1.165, 1.54) is 25.1 Å². The number of nitrogens with zero attached hydrogens (tertiary/aromatic N) is 2. The fraction of sp³-hybridized carbons (Fsp3) is 0.0417. The van der Waals surface area contributed by atoms with Crippen LogP contribution in [0.4, 0.5) is 5.69 Å². The lowest BCUT2D eigenvalue weighted by Crippen LogP contribution is -2.29. The van der Waals surface area contributed by atoms with E-state index in [1.807, 2.05) is 0 Å². The van der Waals surface area contributed by atoms with Crippen LogP contribution in [0.1, 0.15) is 38.0 Å². The topological polar surface area (TPSA) is 97.6 Å². The van der Waals surface area contributed by atoms with E-state index in [1.54, 1.807) is 48.5 Å². The Hall–Kier alpha value is -4.39. The van der Waals surface area contributed by atoms with Gasteiger partial charge in [0.05, 0.1) is 27.7 Å². The zero-order valence-electron chi connectivity index (χ0n) is 16.3. The van der Waals surface area contributed by atoms with Crippen LogP contribution in [0.3, 0.4) is 0 Å². The Labute approximate surface area is 175 Å². The molecule has 3 aromatic carbocycles. The smallest absolute Gasteiger partial charge is 0.347 e. The van der Waals surface area contributed by atoms with Gasteiger partial charge in [0, 0.05) is 11.1 Å². The first kappa shape index (κ1) is 18.6. The number of Topliss-reactive ketones (excluding diaryl/α,β-unsaturated/α-hetero) is 1. The summed E-state index contributed by atoms with van der Waals surface area (Å²) in [6.45, 7) is 1.41. The number of fused-ring (bicyclic) bond motifs is 2. The second-order valence-corrected chi connectivity index (χ2v) is 7.14. The predicted octanol–water partition coefficient (Wildman–Crippen LogP) is 3.86. The number of carbonyl (C=O) groups is 3. The molecular formula is C24H14N2O5. The third-order valence-corrected chi connectivity index (χ3v) is 5.18. The van der Waals surface area contributed by atoms with Crippen LogP contribution in [0, 0.1) is 0 Å². The third kappa shape index (κ3) is 2.95. The quantitative estimate of drug-likeness (QED) is 0.376. The van der Waals surface area contributed by atoms with Crippen molar-refractivity contribution in [2.75, 3.05) is 4.90 Å². The summed E-state index contributed by atoms with van der Waals surface area (Å²) in [5.41, 5.74) is 1.46. The van der Waals surface area contributed by atoms with Crippen molar-refractivity contribution in [3.63, 3.8) is 0 Å². The number of amides is 2. The summed E-state index contributed by atoms with van der Waals surface area (Å²) in [5, 5.41) is 0.357. The van der Waals surface area contributed by atoms with E-state index in [2.05, 4.69) is 4.98 Å². The largest absolute Gasteiger partial charge is 0.403 e. The zero-order valence-corrected chi connectivity index (χ0v) is 16.3. The molecule has 1 aliphatic rings. The van der Waals surface area contributed by atoms with E-state index >= 15 is 0 Å². The summed E-state index contributed by atoms with van der Waals surface area (Å²) < 4.78 is 5.34. The molecule has 31 heavy (non-hydrogen) atoms. The van der Waals surface area contributed by atoms with Crippen LogP contribution in [0.15, 0.2) is 75.9 Å². The number of imide groups is 1. The molecule has 0 atom stereocenters. The predicted molar refractivity (Wildman–Crippen MR) is 113 cm³/mol. The number of para-hydroxylation sites is 1. The fourth-order valence-corrected chi connectivity index (χ4v) is 3.61. The SMILES string of the molecule is CC(=O)c1cccc(N2C(=O)c3ccc(-c4nc5ccccc5c(=O)o4)cc3C2=O)c1. The molecule has 0 saturated carbocycles. The maximum Gasteiger partial charge on any atom is 0.347 e. The monoisotopic (exact) mass is 410 g/mol. The van der Waals surface area contributed by atoms with Crippen molar-refractivity contribution in [3.8, 4) is 11.5 Å². The molecule has 0 N–H and O–H groups in total. The van der Waals surface area contributed by atoms with Crippen molar-refractivity contribution in [1.82, 2.24) is 4.98 Å². The number of anilines is 1. The van der Waals surface area contributed by atoms with Gasteiger partial charge >= 0.3 is 5.63 Å². The van der Waals surface area contributed by atoms with E-state index in [0.717, 1.165) is 4.90 Å². The molecule has 0 unspecified atom stereocenters. The second-order valence-electron chi connectivity index (χ2n) is 7.14. The van der Waals surface area contributed by atoms with Crippen LogP contribution < -0.4 is 10.5 Å². The highest BCUT2D eigenvalue weighted by molar-refractivity contribution is 6.34. The number of benzene rings is 3. The first-order valence-corrected chi connectivity index (χ1v) is 9.48. The van der Waals surface area contributed by atoms with Crippen molar-refractivity contribution in [2.24, 2.45) is 0 Å². The molecule has 2 heterocycles. The van der Waals surface area contributed by atoms with Gasteiger partial charge in [0.25, 0.3) is 11.8 Å². The first-order valence-electron chi connectivity index (χ1n) is 9.48. The van der Waals surface area contributed by atoms with Gasteiger partial charge in [-0.05, 0) is 49.4 Å². The van der Waals surface area contributed by atoms with Gasteiger partial charge < -0.3 is 4.42 Å². The van der Waals surface area contributed by atoms with E-state index in [4.69, 9.17) is 4.42 Å². The maximum absolute atomic E-state index is 13.1. The standard InChI is InChI=1S/C24H14N2O5/c1-13(27)14-5-4-6-16(11-14)26-22(28)17-10-9-15(12-19(17)23(26)29)21-25-20-8-3-2-7-18(20)24(30)31-21/h2-12H,1H3. The summed E-state index contributed by atoms with van der Waals surface area (Å²) in [7, 11) is 0. The molecule has 2 amide bonds. The van der Waals surface area contributed by atoms with Gasteiger partial charge in [-0.3, -0.25) is 14.4 Å². The van der Waals surface area contributed by atoms with E-state index in [-0.39, 0.29) is 22.8 Å². The minimum Gasteiger partial charge on any atom is -0.403 e. The van der Waals surface area contributed by atoms with Gasteiger partial charge in [-0.25, -0.2) is 14.7 Å². The summed E-state index contributed by atoms with van der Waals surface area (Å²) in [6.07, 6.45) is 0. The highest BCUT2D eigenvalue weighted by atomic mass is 16.4. The van der Waals surface area contributed by atoms with Crippen LogP contribution in [0.2, 0.25) is 0 Å². The second kappa shape index (κ2) is 6.84. The molecule has 0 bridgehead atoms. The maximum atomic E-state index is 13.1. The van der Waals surface area contributed by atoms with Crippen molar-refractivity contribution >= 4 is 34.2 Å². The van der Waals surface area contributed by atoms with Crippen LogP contribution in [0.25, 0.3) is 22.4 Å². The van der Waals surface area contributed by atoms with Gasteiger partial charge in [0.15, 0.2) is 5.78 Å². The lowest BCUT2D eigenvalue weighted by molar-refractivity contribution is 0.0923. The van der Waals surface area contributed by atoms with Gasteiger partial charge in [0.1, 0.15) is 0 Å². The van der Waals surface area contributed by atoms with Crippen molar-refractivity contribution in [2.45, 2.75) is 6.92 Å². The summed E-state index contributed by atoms with van der Waals surface area (Å²) >= 11 is 0. The van der Waals surface area contributed by atoms with Crippen LogP contribution in [-0.2, 0) is 0 Å². The minimum absolute atomic E-state index is 0.0591. The molecule has 4 aromatic rings. The summed E-state index contributed by atoms with van der Waals surface area (Å²) in [4.78, 5) is 55.3. The third-order valence-electron chi connectivity index (χ3n) is 5.18. The Bertz CT molecular complexity index is 1490. The molecule has 0 radical (unpaired) electrons. The number of rotatable bonds is 3. The average molecular weight is 410 g/mol. The molecule has 5 rings (SSSR count). The van der Waals surface area contributed by atoms with Gasteiger partial charge in [-0.1, -0.05) is 24.3 Å². The highest BCUT2D eigenvalue weighted by Gasteiger charge is 2.37. The molecule has 0 spiro atoms. The number of aromatic nitrogens is 1. The highest BCUT2D eigenvalue weighted by Crippen LogP contribution is 2.32. The number of hydrogen-bond donors (Lipinski definition) is 0. The Morgan fingerprint density at radius 3 is 2.45 bits per heavy atom. The first-order chi connectivity index (χ1) is 14.9. The molecule has 7 heteroatoms. The summed E-state index contributed by atoms with van der Waals surface area (Å²) in [5.74, 6) is -1.12. The lowest BCUT2D eigenvalue weighted by Gasteiger charge is -2.14. The van der Waals surface area contributed by atoms with Gasteiger partial charge in [-0.15, -0.1) is 0 Å². The Balaban J connectivity index is 1.59. The molecule has 0 fully saturated rings. The molecule has 150 valence electrons. The minimum atomic E-state index is -0.536. The van der Waals surface area contributed by atoms with Crippen LogP contribution >= 0.6 is 0 Å². The van der Waals surface area contributed by atoms with E-state index in [0.29, 0.717) is 27.7 Å². The van der Waals surface area contributed by atoms with Crippen LogP contribution in [0.5, 0.6) is 0 Å². The average Bonchev–Trinajstić information content (AvgIpc) is 3.03. The summed E-state index contributed by atoms with van der Waals surface area (Å²) in [6, 6.07) is 17.7. The van der Waals surface area contributed by atoms with Crippen molar-refractivity contribution in [3.05, 3.63) is 93.8 Å². The van der Waals surface area contributed by atoms with Gasteiger partial charge in [-0.2, -0.15) is 0 Å². The zero-order chi connectivity index (χ0) is 21.7. The molecule has 0 aliphatic carbocycles. The van der Waals surface area contributed by atoms with E-state index in [9.17, 15) is 19.2 Å². The molecule has 1 aliphatic heterocycles. The normalized spacial score (nSPS) is 13.0. The Morgan fingerprint density at radius 1 is 0.871 bits per heavy atom. The van der Waals surface area contributed by atoms with E-state index < -0.39 is 17.4 Å². The van der Waals surface area contributed by atoms with Gasteiger partial charge in [0.2, 0.25) is 5.89 Å². The number of carbonyl (C=O) groups excluding carboxylic acids is 3. The molecule has 7 nitrogen and oxygen atoms in total. The van der Waals surface area contributed by atoms with Crippen molar-refractivity contribution in [1.29, 1.82) is 0 Å². The molecular weight excluding hydrogens is 396 g/mol. The fourth-order valence-electron chi connectivity index (χ4n) is 3.61. The molecule has 0 saturated heterocycles. The van der Waals surface area contributed by atoms with Crippen LogP contribution in [-0.4, -0.2) is 22.6 Å².